The Balaban J connectivity index is 1.59. The van der Waals surface area contributed by atoms with Crippen LogP contribution in [0.25, 0.3) is 0 Å². The molecule has 0 saturated heterocycles. The monoisotopic (exact) mass is 468 g/mol. The van der Waals surface area contributed by atoms with Gasteiger partial charge >= 0.3 is 0 Å². The van der Waals surface area contributed by atoms with Gasteiger partial charge in [0.15, 0.2) is 22.4 Å². The second-order valence-electron chi connectivity index (χ2n) is 6.61. The van der Waals surface area contributed by atoms with Crippen LogP contribution in [0.5, 0.6) is 11.5 Å². The average Bonchev–Trinajstić information content (AvgIpc) is 3.29. The van der Waals surface area contributed by atoms with Crippen molar-refractivity contribution in [1.82, 2.24) is 25.1 Å². The number of aromatic nitrogens is 5. The fraction of sp³-hybridized carbons (Fsp3) is 0.190. The van der Waals surface area contributed by atoms with E-state index in [1.54, 1.807) is 41.8 Å². The van der Waals surface area contributed by atoms with E-state index in [-0.39, 0.29) is 0 Å². The summed E-state index contributed by atoms with van der Waals surface area (Å²) < 4.78 is 6.11. The molecule has 4 heterocycles. The van der Waals surface area contributed by atoms with E-state index in [1.807, 2.05) is 31.2 Å². The molecule has 0 saturated carbocycles. The first-order valence-electron chi connectivity index (χ1n) is 9.62. The summed E-state index contributed by atoms with van der Waals surface area (Å²) >= 11 is 2.89. The van der Waals surface area contributed by atoms with Crippen molar-refractivity contribution in [2.45, 2.75) is 23.7 Å². The maximum absolute atomic E-state index is 9.78. The molecule has 0 aliphatic carbocycles. The zero-order valence-corrected chi connectivity index (χ0v) is 18.7. The molecule has 11 heteroatoms. The third kappa shape index (κ3) is 5.56. The Kier molecular flexibility index (Phi) is 7.22. The quantitative estimate of drug-likeness (QED) is 0.311. The summed E-state index contributed by atoms with van der Waals surface area (Å²) in [6.45, 7) is 1.41. The third-order valence-electron chi connectivity index (χ3n) is 4.28. The SMILES string of the molecule is Cc1nnccc1Oc1cc(SCc2ccccn2)cnc1Nc1nc(C(O)CO)cs1. The summed E-state index contributed by atoms with van der Waals surface area (Å²) in [7, 11) is 0. The number of anilines is 2. The van der Waals surface area contributed by atoms with Crippen LogP contribution in [-0.2, 0) is 5.75 Å². The van der Waals surface area contributed by atoms with Crippen LogP contribution in [-0.4, -0.2) is 42.0 Å². The van der Waals surface area contributed by atoms with Crippen LogP contribution in [0.15, 0.2) is 59.2 Å². The molecule has 0 bridgehead atoms. The lowest BCUT2D eigenvalue weighted by atomic mass is 10.3. The number of nitrogens with one attached hydrogen (secondary N) is 1. The number of nitrogens with zero attached hydrogens (tertiary/aromatic N) is 5. The van der Waals surface area contributed by atoms with Gasteiger partial charge in [-0.25, -0.2) is 9.97 Å². The number of ether oxygens (including phenoxy) is 1. The van der Waals surface area contributed by atoms with Crippen LogP contribution in [0, 0.1) is 6.92 Å². The van der Waals surface area contributed by atoms with Gasteiger partial charge < -0.3 is 20.3 Å². The highest BCUT2D eigenvalue weighted by Gasteiger charge is 2.15. The second kappa shape index (κ2) is 10.5. The molecule has 4 aromatic rings. The lowest BCUT2D eigenvalue weighted by molar-refractivity contribution is 0.0928. The van der Waals surface area contributed by atoms with E-state index in [1.165, 1.54) is 11.3 Å². The maximum atomic E-state index is 9.78. The molecule has 0 fully saturated rings. The molecule has 1 atom stereocenters. The fourth-order valence-corrected chi connectivity index (χ4v) is 4.19. The molecular weight excluding hydrogens is 448 g/mol. The van der Waals surface area contributed by atoms with Crippen molar-refractivity contribution in [3.05, 3.63) is 71.4 Å². The van der Waals surface area contributed by atoms with Gasteiger partial charge in [0.1, 0.15) is 11.8 Å². The third-order valence-corrected chi connectivity index (χ3v) is 6.05. The molecule has 0 aliphatic rings. The number of aliphatic hydroxyl groups is 2. The van der Waals surface area contributed by atoms with E-state index in [2.05, 4.69) is 30.5 Å². The normalized spacial score (nSPS) is 11.8. The minimum Gasteiger partial charge on any atom is -0.451 e. The van der Waals surface area contributed by atoms with Crippen LogP contribution < -0.4 is 10.1 Å². The molecule has 1 unspecified atom stereocenters. The maximum Gasteiger partial charge on any atom is 0.188 e. The molecular formula is C21H20N6O3S2. The number of pyridine rings is 2. The number of thioether (sulfide) groups is 1. The molecule has 9 nitrogen and oxygen atoms in total. The van der Waals surface area contributed by atoms with Gasteiger partial charge in [0.25, 0.3) is 0 Å². The van der Waals surface area contributed by atoms with Gasteiger partial charge in [-0.3, -0.25) is 4.98 Å². The Morgan fingerprint density at radius 2 is 2.09 bits per heavy atom. The molecule has 4 rings (SSSR count). The van der Waals surface area contributed by atoms with E-state index in [9.17, 15) is 5.11 Å². The largest absolute Gasteiger partial charge is 0.451 e. The number of thiazole rings is 1. The molecule has 164 valence electrons. The number of aryl methyl sites for hydroxylation is 1. The Morgan fingerprint density at radius 1 is 1.19 bits per heavy atom. The first-order valence-corrected chi connectivity index (χ1v) is 11.5. The molecule has 0 aliphatic heterocycles. The summed E-state index contributed by atoms with van der Waals surface area (Å²) in [5.74, 6) is 2.21. The topological polar surface area (TPSA) is 126 Å². The van der Waals surface area contributed by atoms with Gasteiger partial charge in [-0.1, -0.05) is 6.07 Å². The average molecular weight is 469 g/mol. The lowest BCUT2D eigenvalue weighted by Gasteiger charge is -2.13. The van der Waals surface area contributed by atoms with Crippen molar-refractivity contribution in [2.75, 3.05) is 11.9 Å². The van der Waals surface area contributed by atoms with E-state index in [4.69, 9.17) is 9.84 Å². The summed E-state index contributed by atoms with van der Waals surface area (Å²) in [5.41, 5.74) is 2.00. The number of hydrogen-bond donors (Lipinski definition) is 3. The Morgan fingerprint density at radius 3 is 2.88 bits per heavy atom. The molecule has 0 radical (unpaired) electrons. The minimum atomic E-state index is -1.03. The Bertz CT molecular complexity index is 1180. The van der Waals surface area contributed by atoms with Crippen LogP contribution in [0.3, 0.4) is 0 Å². The molecule has 0 amide bonds. The van der Waals surface area contributed by atoms with Crippen molar-refractivity contribution >= 4 is 34.0 Å². The molecule has 32 heavy (non-hydrogen) atoms. The van der Waals surface area contributed by atoms with Gasteiger partial charge in [-0.2, -0.15) is 10.2 Å². The number of aliphatic hydroxyl groups excluding tert-OH is 2. The summed E-state index contributed by atoms with van der Waals surface area (Å²) in [6.07, 6.45) is 4.05. The standard InChI is InChI=1S/C21H20N6O3S2/c1-13-18(5-7-24-27-13)30-19-8-15(31-11-14-4-2-3-6-22-14)9-23-20(19)26-21-25-16(12-32-21)17(29)10-28/h2-9,12,17,28-29H,10-11H2,1H3,(H,23,25,26). The molecule has 4 aromatic heterocycles. The minimum absolute atomic E-state index is 0.388. The molecule has 3 N–H and O–H groups in total. The van der Waals surface area contributed by atoms with Gasteiger partial charge in [0, 0.05) is 34.5 Å². The van der Waals surface area contributed by atoms with Gasteiger partial charge in [-0.05, 0) is 25.1 Å². The molecule has 0 spiro atoms. The first kappa shape index (κ1) is 22.1. The van der Waals surface area contributed by atoms with Crippen molar-refractivity contribution in [2.24, 2.45) is 0 Å². The van der Waals surface area contributed by atoms with Gasteiger partial charge in [0.05, 0.1) is 24.2 Å². The predicted molar refractivity (Wildman–Crippen MR) is 122 cm³/mol. The first-order chi connectivity index (χ1) is 15.6. The highest BCUT2D eigenvalue weighted by Crippen LogP contribution is 2.35. The van der Waals surface area contributed by atoms with Crippen molar-refractivity contribution < 1.29 is 14.9 Å². The van der Waals surface area contributed by atoms with Crippen LogP contribution in [0.4, 0.5) is 10.9 Å². The van der Waals surface area contributed by atoms with E-state index < -0.39 is 12.7 Å². The van der Waals surface area contributed by atoms with Gasteiger partial charge in [-0.15, -0.1) is 23.1 Å². The highest BCUT2D eigenvalue weighted by atomic mass is 32.2. The number of hydrogen-bond acceptors (Lipinski definition) is 11. The van der Waals surface area contributed by atoms with E-state index in [0.717, 1.165) is 10.6 Å². The second-order valence-corrected chi connectivity index (χ2v) is 8.52. The van der Waals surface area contributed by atoms with E-state index in [0.29, 0.717) is 39.6 Å². The van der Waals surface area contributed by atoms with Crippen molar-refractivity contribution in [3.8, 4) is 11.5 Å². The van der Waals surface area contributed by atoms with Crippen molar-refractivity contribution in [3.63, 3.8) is 0 Å². The summed E-state index contributed by atoms with van der Waals surface area (Å²) in [6, 6.07) is 9.44. The van der Waals surface area contributed by atoms with Crippen LogP contribution >= 0.6 is 23.1 Å². The lowest BCUT2D eigenvalue weighted by Crippen LogP contribution is -2.03. The van der Waals surface area contributed by atoms with Gasteiger partial charge in [0.2, 0.25) is 0 Å². The predicted octanol–water partition coefficient (Wildman–Crippen LogP) is 3.89. The Hall–Kier alpha value is -3.12. The van der Waals surface area contributed by atoms with E-state index >= 15 is 0 Å². The Labute approximate surface area is 192 Å². The zero-order chi connectivity index (χ0) is 22.3. The highest BCUT2D eigenvalue weighted by molar-refractivity contribution is 7.98. The zero-order valence-electron chi connectivity index (χ0n) is 17.0. The van der Waals surface area contributed by atoms with Crippen molar-refractivity contribution in [1.29, 1.82) is 0 Å². The number of rotatable bonds is 9. The van der Waals surface area contributed by atoms with Crippen LogP contribution in [0.2, 0.25) is 0 Å². The summed E-state index contributed by atoms with van der Waals surface area (Å²) in [4.78, 5) is 14.1. The fourth-order valence-electron chi connectivity index (χ4n) is 2.63. The summed E-state index contributed by atoms with van der Waals surface area (Å²) in [5, 5.41) is 32.1. The smallest absolute Gasteiger partial charge is 0.188 e. The molecule has 0 aromatic carbocycles. The van der Waals surface area contributed by atoms with Crippen LogP contribution in [0.1, 0.15) is 23.2 Å².